The van der Waals surface area contributed by atoms with Crippen molar-refractivity contribution in [2.45, 2.75) is 34.1 Å². The summed E-state index contributed by atoms with van der Waals surface area (Å²) in [5.74, 6) is 0. The van der Waals surface area contributed by atoms with E-state index in [4.69, 9.17) is 0 Å². The lowest BCUT2D eigenvalue weighted by Crippen LogP contribution is -2.18. The van der Waals surface area contributed by atoms with Crippen LogP contribution in [0.25, 0.3) is 0 Å². The Kier molecular flexibility index (Phi) is 3.31. The van der Waals surface area contributed by atoms with E-state index in [9.17, 15) is 0 Å². The molecule has 0 aliphatic rings. The summed E-state index contributed by atoms with van der Waals surface area (Å²) < 4.78 is 0. The van der Waals surface area contributed by atoms with Crippen molar-refractivity contribution < 1.29 is 0 Å². The van der Waals surface area contributed by atoms with Gasteiger partial charge in [-0.2, -0.15) is 0 Å². The number of hydrogen-bond donors (Lipinski definition) is 1. The lowest BCUT2D eigenvalue weighted by molar-refractivity contribution is 0.443. The van der Waals surface area contributed by atoms with E-state index in [-0.39, 0.29) is 0 Å². The molecule has 2 nitrogen and oxygen atoms in total. The second-order valence-electron chi connectivity index (χ2n) is 4.41. The van der Waals surface area contributed by atoms with Crippen LogP contribution in [0.5, 0.6) is 0 Å². The smallest absolute Gasteiger partial charge is 0.182 e. The zero-order valence-electron chi connectivity index (χ0n) is 8.85. The molecular weight excluding hydrogens is 180 g/mol. The molecule has 0 saturated heterocycles. The maximum atomic E-state index is 4.44. The molecule has 0 amide bonds. The van der Waals surface area contributed by atoms with E-state index in [0.717, 1.165) is 18.1 Å². The summed E-state index contributed by atoms with van der Waals surface area (Å²) in [7, 11) is 0. The van der Waals surface area contributed by atoms with Gasteiger partial charge in [0.2, 0.25) is 0 Å². The Bertz CT molecular complexity index is 260. The topological polar surface area (TPSA) is 24.9 Å². The number of nitrogens with one attached hydrogen (secondary N) is 1. The van der Waals surface area contributed by atoms with Crippen LogP contribution in [0.4, 0.5) is 5.13 Å². The molecule has 3 heteroatoms. The Hall–Kier alpha value is -0.570. The normalized spacial score (nSPS) is 11.7. The van der Waals surface area contributed by atoms with Crippen molar-refractivity contribution >= 4 is 16.5 Å². The number of aromatic nitrogens is 1. The van der Waals surface area contributed by atoms with Crippen molar-refractivity contribution in [2.24, 2.45) is 5.41 Å². The number of hydrogen-bond acceptors (Lipinski definition) is 3. The number of thiazole rings is 1. The lowest BCUT2D eigenvalue weighted by Gasteiger charge is -2.17. The number of aryl methyl sites for hydroxylation is 1. The van der Waals surface area contributed by atoms with Gasteiger partial charge in [-0.3, -0.25) is 0 Å². The summed E-state index contributed by atoms with van der Waals surface area (Å²) in [5, 5.41) is 6.51. The van der Waals surface area contributed by atoms with Gasteiger partial charge in [0, 0.05) is 11.9 Å². The first-order chi connectivity index (χ1) is 6.01. The first-order valence-corrected chi connectivity index (χ1v) is 5.57. The standard InChI is InChI=1S/C10H18N2S/c1-5-8-6-13-9(12-8)11-7-10(2,3)4/h6H,5,7H2,1-4H3,(H,11,12). The average Bonchev–Trinajstić information content (AvgIpc) is 2.47. The maximum absolute atomic E-state index is 4.44. The van der Waals surface area contributed by atoms with Crippen molar-refractivity contribution in [3.8, 4) is 0 Å². The van der Waals surface area contributed by atoms with Crippen LogP contribution in [0.15, 0.2) is 5.38 Å². The minimum absolute atomic E-state index is 0.318. The monoisotopic (exact) mass is 198 g/mol. The Balaban J connectivity index is 2.46. The largest absolute Gasteiger partial charge is 0.361 e. The van der Waals surface area contributed by atoms with Gasteiger partial charge in [-0.1, -0.05) is 27.7 Å². The van der Waals surface area contributed by atoms with Crippen LogP contribution in [-0.4, -0.2) is 11.5 Å². The molecule has 0 fully saturated rings. The number of nitrogens with zero attached hydrogens (tertiary/aromatic N) is 1. The van der Waals surface area contributed by atoms with Crippen LogP contribution >= 0.6 is 11.3 Å². The van der Waals surface area contributed by atoms with Crippen LogP contribution < -0.4 is 5.32 Å². The highest BCUT2D eigenvalue weighted by atomic mass is 32.1. The van der Waals surface area contributed by atoms with E-state index in [1.807, 2.05) is 0 Å². The molecule has 0 unspecified atom stereocenters. The van der Waals surface area contributed by atoms with Gasteiger partial charge in [-0.05, 0) is 11.8 Å². The van der Waals surface area contributed by atoms with Gasteiger partial charge in [-0.25, -0.2) is 4.98 Å². The van der Waals surface area contributed by atoms with E-state index in [0.29, 0.717) is 5.41 Å². The third-order valence-corrected chi connectivity index (χ3v) is 2.53. The van der Waals surface area contributed by atoms with Gasteiger partial charge in [0.1, 0.15) is 0 Å². The van der Waals surface area contributed by atoms with Crippen molar-refractivity contribution in [1.29, 1.82) is 0 Å². The van der Waals surface area contributed by atoms with E-state index in [1.165, 1.54) is 5.69 Å². The molecule has 1 aromatic rings. The molecule has 0 bridgehead atoms. The third kappa shape index (κ3) is 3.77. The quantitative estimate of drug-likeness (QED) is 0.807. The molecule has 13 heavy (non-hydrogen) atoms. The fraction of sp³-hybridized carbons (Fsp3) is 0.700. The molecular formula is C10H18N2S. The summed E-state index contributed by atoms with van der Waals surface area (Å²) in [6.07, 6.45) is 1.02. The van der Waals surface area contributed by atoms with E-state index >= 15 is 0 Å². The molecule has 0 saturated carbocycles. The second-order valence-corrected chi connectivity index (χ2v) is 5.27. The summed E-state index contributed by atoms with van der Waals surface area (Å²) in [6.45, 7) is 9.75. The Morgan fingerprint density at radius 1 is 1.46 bits per heavy atom. The molecule has 1 N–H and O–H groups in total. The molecule has 0 atom stereocenters. The Morgan fingerprint density at radius 3 is 2.62 bits per heavy atom. The predicted molar refractivity (Wildman–Crippen MR) is 59.4 cm³/mol. The highest BCUT2D eigenvalue weighted by Crippen LogP contribution is 2.19. The van der Waals surface area contributed by atoms with Gasteiger partial charge >= 0.3 is 0 Å². The summed E-state index contributed by atoms with van der Waals surface area (Å²) in [5.41, 5.74) is 1.50. The predicted octanol–water partition coefficient (Wildman–Crippen LogP) is 3.16. The molecule has 0 aliphatic carbocycles. The van der Waals surface area contributed by atoms with Gasteiger partial charge in [-0.15, -0.1) is 11.3 Å². The van der Waals surface area contributed by atoms with Gasteiger partial charge in [0.25, 0.3) is 0 Å². The second kappa shape index (κ2) is 4.09. The molecule has 0 aliphatic heterocycles. The fourth-order valence-corrected chi connectivity index (χ4v) is 1.68. The zero-order chi connectivity index (χ0) is 9.90. The van der Waals surface area contributed by atoms with E-state index < -0.39 is 0 Å². The fourth-order valence-electron chi connectivity index (χ4n) is 0.891. The first-order valence-electron chi connectivity index (χ1n) is 4.69. The number of anilines is 1. The third-order valence-electron chi connectivity index (χ3n) is 1.68. The van der Waals surface area contributed by atoms with Gasteiger partial charge < -0.3 is 5.32 Å². The molecule has 1 aromatic heterocycles. The maximum Gasteiger partial charge on any atom is 0.182 e. The minimum Gasteiger partial charge on any atom is -0.361 e. The van der Waals surface area contributed by atoms with Gasteiger partial charge in [0.05, 0.1) is 5.69 Å². The van der Waals surface area contributed by atoms with E-state index in [1.54, 1.807) is 11.3 Å². The SMILES string of the molecule is CCc1csc(NCC(C)(C)C)n1. The van der Waals surface area contributed by atoms with Crippen molar-refractivity contribution in [1.82, 2.24) is 4.98 Å². The molecule has 1 heterocycles. The zero-order valence-corrected chi connectivity index (χ0v) is 9.66. The summed E-state index contributed by atoms with van der Waals surface area (Å²) >= 11 is 1.69. The summed E-state index contributed by atoms with van der Waals surface area (Å²) in [6, 6.07) is 0. The number of rotatable bonds is 3. The average molecular weight is 198 g/mol. The van der Waals surface area contributed by atoms with Crippen LogP contribution in [0.1, 0.15) is 33.4 Å². The lowest BCUT2D eigenvalue weighted by atomic mass is 9.97. The van der Waals surface area contributed by atoms with Crippen molar-refractivity contribution in [3.63, 3.8) is 0 Å². The summed E-state index contributed by atoms with van der Waals surface area (Å²) in [4.78, 5) is 4.44. The Labute approximate surface area is 84.4 Å². The molecule has 1 rings (SSSR count). The minimum atomic E-state index is 0.318. The van der Waals surface area contributed by atoms with Crippen molar-refractivity contribution in [3.05, 3.63) is 11.1 Å². The van der Waals surface area contributed by atoms with Crippen LogP contribution in [0, 0.1) is 5.41 Å². The molecule has 74 valence electrons. The van der Waals surface area contributed by atoms with Crippen LogP contribution in [0.2, 0.25) is 0 Å². The Morgan fingerprint density at radius 2 is 2.15 bits per heavy atom. The van der Waals surface area contributed by atoms with Gasteiger partial charge in [0.15, 0.2) is 5.13 Å². The van der Waals surface area contributed by atoms with E-state index in [2.05, 4.69) is 43.4 Å². The highest BCUT2D eigenvalue weighted by molar-refractivity contribution is 7.13. The first kappa shape index (κ1) is 10.5. The molecule has 0 aromatic carbocycles. The molecule has 0 radical (unpaired) electrons. The van der Waals surface area contributed by atoms with Crippen LogP contribution in [0.3, 0.4) is 0 Å². The van der Waals surface area contributed by atoms with Crippen LogP contribution in [-0.2, 0) is 6.42 Å². The van der Waals surface area contributed by atoms with Crippen molar-refractivity contribution in [2.75, 3.05) is 11.9 Å². The molecule has 0 spiro atoms. The highest BCUT2D eigenvalue weighted by Gasteiger charge is 2.10.